The lowest BCUT2D eigenvalue weighted by Gasteiger charge is -2.23. The molecule has 3 aliphatic rings. The Morgan fingerprint density at radius 1 is 1.10 bits per heavy atom. The molecular weight excluding hydrogens is 402 g/mol. The fourth-order valence-electron chi connectivity index (χ4n) is 5.20. The Hall–Kier alpha value is -2.15. The molecule has 0 radical (unpaired) electrons. The molecule has 2 bridgehead atoms. The molecule has 162 valence electrons. The van der Waals surface area contributed by atoms with Crippen molar-refractivity contribution in [2.24, 2.45) is 23.7 Å². The van der Waals surface area contributed by atoms with Crippen LogP contribution in [0.3, 0.4) is 0 Å². The van der Waals surface area contributed by atoms with E-state index in [1.807, 2.05) is 19.1 Å². The number of carboxylic acid groups (broad SMARTS) is 1. The molecule has 7 heteroatoms. The summed E-state index contributed by atoms with van der Waals surface area (Å²) in [7, 11) is 0. The molecule has 1 fully saturated rings. The maximum Gasteiger partial charge on any atom is 0.341 e. The Bertz CT molecular complexity index is 873. The number of amides is 1. The van der Waals surface area contributed by atoms with Gasteiger partial charge in [-0.3, -0.25) is 9.59 Å². The molecule has 1 saturated carbocycles. The van der Waals surface area contributed by atoms with Crippen molar-refractivity contribution in [2.75, 3.05) is 11.9 Å². The van der Waals surface area contributed by atoms with Crippen LogP contribution in [0, 0.1) is 23.7 Å². The molecule has 0 spiro atoms. The third kappa shape index (κ3) is 3.92. The lowest BCUT2D eigenvalue weighted by Crippen LogP contribution is -2.36. The standard InChI is InChI=1S/C23H29NO5S/c1-2-11-29-23(28)19-15-7-5-3-4-6-8-16(15)30-21(19)24-20(25)17-13-9-10-14(12-13)18(17)22(26)27/h9-10,13-14,17-18H,2-8,11-12H2,1H3,(H,24,25)(H,26,27). The third-order valence-electron chi connectivity index (χ3n) is 6.60. The largest absolute Gasteiger partial charge is 0.481 e. The van der Waals surface area contributed by atoms with E-state index in [0.717, 1.165) is 49.0 Å². The second-order valence-electron chi connectivity index (χ2n) is 8.59. The van der Waals surface area contributed by atoms with E-state index >= 15 is 0 Å². The van der Waals surface area contributed by atoms with Crippen molar-refractivity contribution in [3.63, 3.8) is 0 Å². The fourth-order valence-corrected chi connectivity index (χ4v) is 6.48. The van der Waals surface area contributed by atoms with E-state index in [2.05, 4.69) is 5.32 Å². The van der Waals surface area contributed by atoms with Crippen LogP contribution in [-0.4, -0.2) is 29.6 Å². The van der Waals surface area contributed by atoms with Crippen molar-refractivity contribution >= 4 is 34.2 Å². The maximum atomic E-state index is 13.2. The minimum absolute atomic E-state index is 0.0485. The van der Waals surface area contributed by atoms with Crippen LogP contribution < -0.4 is 5.32 Å². The van der Waals surface area contributed by atoms with Gasteiger partial charge in [0.25, 0.3) is 0 Å². The highest BCUT2D eigenvalue weighted by molar-refractivity contribution is 7.17. The number of nitrogens with one attached hydrogen (secondary N) is 1. The van der Waals surface area contributed by atoms with Gasteiger partial charge in [0.05, 0.1) is 24.0 Å². The molecule has 1 heterocycles. The van der Waals surface area contributed by atoms with Gasteiger partial charge >= 0.3 is 11.9 Å². The van der Waals surface area contributed by atoms with Crippen molar-refractivity contribution in [1.82, 2.24) is 0 Å². The zero-order chi connectivity index (χ0) is 21.3. The molecule has 3 aliphatic carbocycles. The predicted octanol–water partition coefficient (Wildman–Crippen LogP) is 4.44. The van der Waals surface area contributed by atoms with Crippen molar-refractivity contribution in [3.8, 4) is 0 Å². The summed E-state index contributed by atoms with van der Waals surface area (Å²) in [4.78, 5) is 39.0. The van der Waals surface area contributed by atoms with Gasteiger partial charge in [-0.05, 0) is 55.9 Å². The van der Waals surface area contributed by atoms with Gasteiger partial charge in [0, 0.05) is 4.88 Å². The number of carbonyl (C=O) groups excluding carboxylic acids is 2. The van der Waals surface area contributed by atoms with Gasteiger partial charge in [0.1, 0.15) is 5.00 Å². The van der Waals surface area contributed by atoms with E-state index in [1.54, 1.807) is 0 Å². The average Bonchev–Trinajstić information content (AvgIpc) is 3.39. The number of anilines is 1. The Labute approximate surface area is 180 Å². The third-order valence-corrected chi connectivity index (χ3v) is 7.80. The highest BCUT2D eigenvalue weighted by Crippen LogP contribution is 2.49. The molecule has 0 aromatic carbocycles. The SMILES string of the molecule is CCCOC(=O)c1c(NC(=O)C2C3C=CC(C3)C2C(=O)O)sc2c1CCCCCC2. The van der Waals surface area contributed by atoms with Gasteiger partial charge in [-0.25, -0.2) is 4.79 Å². The molecule has 1 aromatic rings. The number of hydrogen-bond acceptors (Lipinski definition) is 5. The zero-order valence-electron chi connectivity index (χ0n) is 17.3. The highest BCUT2D eigenvalue weighted by atomic mass is 32.1. The normalized spacial score (nSPS) is 27.2. The summed E-state index contributed by atoms with van der Waals surface area (Å²) in [6, 6.07) is 0. The number of allylic oxidation sites excluding steroid dienone is 2. The van der Waals surface area contributed by atoms with Gasteiger partial charge in [0.15, 0.2) is 0 Å². The number of thiophene rings is 1. The number of rotatable bonds is 6. The summed E-state index contributed by atoms with van der Waals surface area (Å²) in [6.07, 6.45) is 11.5. The first-order valence-electron chi connectivity index (χ1n) is 11.0. The summed E-state index contributed by atoms with van der Waals surface area (Å²) in [5.41, 5.74) is 1.50. The van der Waals surface area contributed by atoms with Crippen LogP contribution in [0.15, 0.2) is 12.2 Å². The smallest absolute Gasteiger partial charge is 0.341 e. The molecule has 1 amide bonds. The number of fused-ring (bicyclic) bond motifs is 3. The Morgan fingerprint density at radius 3 is 2.50 bits per heavy atom. The molecule has 2 N–H and O–H groups in total. The first-order valence-corrected chi connectivity index (χ1v) is 11.9. The predicted molar refractivity (Wildman–Crippen MR) is 115 cm³/mol. The number of aryl methyl sites for hydroxylation is 1. The van der Waals surface area contributed by atoms with Crippen LogP contribution in [0.25, 0.3) is 0 Å². The molecule has 4 rings (SSSR count). The number of ether oxygens (including phenoxy) is 1. The average molecular weight is 432 g/mol. The molecule has 30 heavy (non-hydrogen) atoms. The lowest BCUT2D eigenvalue weighted by atomic mass is 9.82. The van der Waals surface area contributed by atoms with Crippen LogP contribution in [0.4, 0.5) is 5.00 Å². The first kappa shape index (κ1) is 21.1. The molecular formula is C23H29NO5S. The molecule has 0 aliphatic heterocycles. The number of aliphatic carboxylic acids is 1. The minimum Gasteiger partial charge on any atom is -0.481 e. The Kier molecular flexibility index (Phi) is 6.27. The van der Waals surface area contributed by atoms with Crippen LogP contribution >= 0.6 is 11.3 Å². The number of carboxylic acids is 1. The van der Waals surface area contributed by atoms with E-state index in [9.17, 15) is 19.5 Å². The van der Waals surface area contributed by atoms with Gasteiger partial charge in [-0.15, -0.1) is 11.3 Å². The molecule has 4 atom stereocenters. The number of esters is 1. The summed E-state index contributed by atoms with van der Waals surface area (Å²) in [5, 5.41) is 13.2. The zero-order valence-corrected chi connectivity index (χ0v) is 18.1. The summed E-state index contributed by atoms with van der Waals surface area (Å²) in [5.74, 6) is -3.02. The minimum atomic E-state index is -0.923. The maximum absolute atomic E-state index is 13.2. The molecule has 0 saturated heterocycles. The molecule has 6 nitrogen and oxygen atoms in total. The Balaban J connectivity index is 1.63. The monoisotopic (exact) mass is 431 g/mol. The van der Waals surface area contributed by atoms with Crippen LogP contribution in [0.2, 0.25) is 0 Å². The second kappa shape index (κ2) is 8.92. The quantitative estimate of drug-likeness (QED) is 0.513. The first-order chi connectivity index (χ1) is 14.5. The van der Waals surface area contributed by atoms with Gasteiger partial charge in [-0.1, -0.05) is 31.9 Å². The van der Waals surface area contributed by atoms with Crippen LogP contribution in [0.1, 0.15) is 66.2 Å². The van der Waals surface area contributed by atoms with E-state index in [1.165, 1.54) is 17.8 Å². The molecule has 1 aromatic heterocycles. The fraction of sp³-hybridized carbons (Fsp3) is 0.609. The van der Waals surface area contributed by atoms with E-state index in [0.29, 0.717) is 23.6 Å². The van der Waals surface area contributed by atoms with Gasteiger partial charge in [-0.2, -0.15) is 0 Å². The number of hydrogen-bond donors (Lipinski definition) is 2. The van der Waals surface area contributed by atoms with Crippen molar-refractivity contribution in [2.45, 2.75) is 58.3 Å². The van der Waals surface area contributed by atoms with E-state index < -0.39 is 17.8 Å². The lowest BCUT2D eigenvalue weighted by molar-refractivity contribution is -0.146. The van der Waals surface area contributed by atoms with E-state index in [4.69, 9.17) is 4.74 Å². The van der Waals surface area contributed by atoms with Crippen molar-refractivity contribution in [1.29, 1.82) is 0 Å². The Morgan fingerprint density at radius 2 is 1.80 bits per heavy atom. The van der Waals surface area contributed by atoms with Crippen molar-refractivity contribution in [3.05, 3.63) is 28.2 Å². The van der Waals surface area contributed by atoms with Crippen molar-refractivity contribution < 1.29 is 24.2 Å². The van der Waals surface area contributed by atoms with Crippen LogP contribution in [0.5, 0.6) is 0 Å². The number of carbonyl (C=O) groups is 3. The summed E-state index contributed by atoms with van der Waals surface area (Å²) in [6.45, 7) is 2.29. The summed E-state index contributed by atoms with van der Waals surface area (Å²) >= 11 is 1.46. The van der Waals surface area contributed by atoms with Gasteiger partial charge < -0.3 is 15.2 Å². The van der Waals surface area contributed by atoms with Crippen LogP contribution in [-0.2, 0) is 27.2 Å². The molecule has 4 unspecified atom stereocenters. The van der Waals surface area contributed by atoms with E-state index in [-0.39, 0.29) is 23.7 Å². The highest BCUT2D eigenvalue weighted by Gasteiger charge is 2.51. The van der Waals surface area contributed by atoms with Gasteiger partial charge in [0.2, 0.25) is 5.91 Å². The summed E-state index contributed by atoms with van der Waals surface area (Å²) < 4.78 is 5.44. The second-order valence-corrected chi connectivity index (χ2v) is 9.69. The topological polar surface area (TPSA) is 92.7 Å².